The standard InChI is InChI=1S/C16H27N5O.2ClH/c1-21(2)16-19-12-7-5-4-6-11(12)15(20-16)18-13-10-17-9-8-14(13)22-3;;/h13-14,17H,4-10H2,1-3H3,(H,18,19,20);2*1H/t13-,14+;;/m0../s1. The van der Waals surface area contributed by atoms with E-state index in [1.54, 1.807) is 7.11 Å². The van der Waals surface area contributed by atoms with Crippen LogP contribution in [0, 0.1) is 0 Å². The van der Waals surface area contributed by atoms with Crippen molar-refractivity contribution in [3.63, 3.8) is 0 Å². The van der Waals surface area contributed by atoms with E-state index in [-0.39, 0.29) is 37.0 Å². The number of aryl methyl sites for hydroxylation is 1. The van der Waals surface area contributed by atoms with Crippen LogP contribution in [0.25, 0.3) is 0 Å². The normalized spacial score (nSPS) is 22.6. The Balaban J connectivity index is 0.00000144. The molecule has 6 nitrogen and oxygen atoms in total. The summed E-state index contributed by atoms with van der Waals surface area (Å²) in [5.74, 6) is 1.80. The molecule has 1 aromatic rings. The molecule has 2 atom stereocenters. The van der Waals surface area contributed by atoms with Gasteiger partial charge in [0.1, 0.15) is 5.82 Å². The number of nitrogens with one attached hydrogen (secondary N) is 2. The van der Waals surface area contributed by atoms with Gasteiger partial charge in [-0.2, -0.15) is 4.98 Å². The fourth-order valence-corrected chi connectivity index (χ4v) is 3.34. The number of rotatable bonds is 4. The third-order valence-electron chi connectivity index (χ3n) is 4.61. The second kappa shape index (κ2) is 9.61. The minimum atomic E-state index is 0. The zero-order valence-electron chi connectivity index (χ0n) is 14.7. The average Bonchev–Trinajstić information content (AvgIpc) is 2.55. The molecule has 0 aromatic carbocycles. The van der Waals surface area contributed by atoms with Crippen LogP contribution in [0.4, 0.5) is 11.8 Å². The van der Waals surface area contributed by atoms with E-state index < -0.39 is 0 Å². The maximum Gasteiger partial charge on any atom is 0.227 e. The fraction of sp³-hybridized carbons (Fsp3) is 0.750. The first-order valence-electron chi connectivity index (χ1n) is 8.26. The van der Waals surface area contributed by atoms with Gasteiger partial charge in [0.15, 0.2) is 0 Å². The van der Waals surface area contributed by atoms with Crippen molar-refractivity contribution in [2.24, 2.45) is 0 Å². The highest BCUT2D eigenvalue weighted by Crippen LogP contribution is 2.28. The molecule has 2 aliphatic rings. The lowest BCUT2D eigenvalue weighted by atomic mass is 9.95. The van der Waals surface area contributed by atoms with Gasteiger partial charge in [-0.3, -0.25) is 0 Å². The number of fused-ring (bicyclic) bond motifs is 1. The first-order chi connectivity index (χ1) is 10.7. The highest BCUT2D eigenvalue weighted by molar-refractivity contribution is 5.85. The van der Waals surface area contributed by atoms with Crippen LogP contribution in [-0.4, -0.2) is 56.4 Å². The topological polar surface area (TPSA) is 62.3 Å². The molecular formula is C16H29Cl2N5O. The zero-order chi connectivity index (χ0) is 15.5. The molecule has 2 heterocycles. The summed E-state index contributed by atoms with van der Waals surface area (Å²) < 4.78 is 5.64. The van der Waals surface area contributed by atoms with Gasteiger partial charge in [0.05, 0.1) is 17.8 Å². The first-order valence-corrected chi connectivity index (χ1v) is 8.26. The van der Waals surface area contributed by atoms with Gasteiger partial charge in [-0.25, -0.2) is 4.98 Å². The monoisotopic (exact) mass is 377 g/mol. The van der Waals surface area contributed by atoms with Gasteiger partial charge in [0.25, 0.3) is 0 Å². The van der Waals surface area contributed by atoms with Gasteiger partial charge >= 0.3 is 0 Å². The van der Waals surface area contributed by atoms with Crippen LogP contribution in [0.3, 0.4) is 0 Å². The molecule has 0 saturated carbocycles. The van der Waals surface area contributed by atoms with Crippen molar-refractivity contribution in [3.8, 4) is 0 Å². The number of aromatic nitrogens is 2. The third kappa shape index (κ3) is 4.63. The van der Waals surface area contributed by atoms with Crippen molar-refractivity contribution >= 4 is 36.6 Å². The second-order valence-electron chi connectivity index (χ2n) is 6.42. The number of piperidine rings is 1. The van der Waals surface area contributed by atoms with Crippen LogP contribution in [0.5, 0.6) is 0 Å². The Bertz CT molecular complexity index is 529. The Kier molecular flexibility index (Phi) is 8.50. The molecule has 0 bridgehead atoms. The largest absolute Gasteiger partial charge is 0.379 e. The lowest BCUT2D eigenvalue weighted by Crippen LogP contribution is -2.49. The van der Waals surface area contributed by atoms with E-state index in [9.17, 15) is 0 Å². The van der Waals surface area contributed by atoms with Crippen LogP contribution in [0.1, 0.15) is 30.5 Å². The maximum atomic E-state index is 5.64. The lowest BCUT2D eigenvalue weighted by Gasteiger charge is -2.33. The Hall–Kier alpha value is -0.820. The summed E-state index contributed by atoms with van der Waals surface area (Å²) in [4.78, 5) is 11.5. The van der Waals surface area contributed by atoms with Crippen molar-refractivity contribution in [1.29, 1.82) is 0 Å². The van der Waals surface area contributed by atoms with Crippen LogP contribution in [-0.2, 0) is 17.6 Å². The molecule has 0 radical (unpaired) electrons. The highest BCUT2D eigenvalue weighted by atomic mass is 35.5. The third-order valence-corrected chi connectivity index (χ3v) is 4.61. The number of nitrogens with zero attached hydrogens (tertiary/aromatic N) is 3. The summed E-state index contributed by atoms with van der Waals surface area (Å²) in [6.07, 6.45) is 5.85. The van der Waals surface area contributed by atoms with Gasteiger partial charge < -0.3 is 20.3 Å². The predicted octanol–water partition coefficient (Wildman–Crippen LogP) is 2.05. The molecule has 1 fully saturated rings. The Labute approximate surface area is 157 Å². The number of ether oxygens (including phenoxy) is 1. The van der Waals surface area contributed by atoms with E-state index in [2.05, 4.69) is 10.6 Å². The molecule has 24 heavy (non-hydrogen) atoms. The smallest absolute Gasteiger partial charge is 0.227 e. The Morgan fingerprint density at radius 3 is 2.62 bits per heavy atom. The van der Waals surface area contributed by atoms with Crippen molar-refractivity contribution in [3.05, 3.63) is 11.3 Å². The molecule has 138 valence electrons. The summed E-state index contributed by atoms with van der Waals surface area (Å²) in [5, 5.41) is 7.08. The summed E-state index contributed by atoms with van der Waals surface area (Å²) in [6.45, 7) is 1.93. The van der Waals surface area contributed by atoms with Crippen molar-refractivity contribution in [2.75, 3.05) is 44.5 Å². The molecular weight excluding hydrogens is 349 g/mol. The van der Waals surface area contributed by atoms with Crippen LogP contribution in [0.2, 0.25) is 0 Å². The molecule has 2 N–H and O–H groups in total. The quantitative estimate of drug-likeness (QED) is 0.836. The lowest BCUT2D eigenvalue weighted by molar-refractivity contribution is 0.0663. The van der Waals surface area contributed by atoms with E-state index in [0.29, 0.717) is 0 Å². The van der Waals surface area contributed by atoms with Gasteiger partial charge in [0.2, 0.25) is 5.95 Å². The minimum Gasteiger partial charge on any atom is -0.379 e. The molecule has 8 heteroatoms. The number of halogens is 2. The van der Waals surface area contributed by atoms with Gasteiger partial charge in [0, 0.05) is 33.3 Å². The van der Waals surface area contributed by atoms with Crippen LogP contribution in [0.15, 0.2) is 0 Å². The number of hydrogen-bond acceptors (Lipinski definition) is 6. The van der Waals surface area contributed by atoms with Crippen LogP contribution < -0.4 is 15.5 Å². The second-order valence-corrected chi connectivity index (χ2v) is 6.42. The van der Waals surface area contributed by atoms with Crippen LogP contribution >= 0.6 is 24.8 Å². The Morgan fingerprint density at radius 1 is 1.17 bits per heavy atom. The first kappa shape index (κ1) is 21.2. The molecule has 0 amide bonds. The molecule has 1 aromatic heterocycles. The SMILES string of the molecule is CO[C@@H]1CCNC[C@@H]1Nc1nc(N(C)C)nc2c1CCCC2.Cl.Cl. The van der Waals surface area contributed by atoms with Gasteiger partial charge in [-0.1, -0.05) is 0 Å². The minimum absolute atomic E-state index is 0. The summed E-state index contributed by atoms with van der Waals surface area (Å²) in [5.41, 5.74) is 2.52. The summed E-state index contributed by atoms with van der Waals surface area (Å²) >= 11 is 0. The number of hydrogen-bond donors (Lipinski definition) is 2. The summed E-state index contributed by atoms with van der Waals surface area (Å²) in [6, 6.07) is 0.259. The van der Waals surface area contributed by atoms with Crippen molar-refractivity contribution < 1.29 is 4.74 Å². The van der Waals surface area contributed by atoms with Crippen molar-refractivity contribution in [2.45, 2.75) is 44.2 Å². The van der Waals surface area contributed by atoms with Gasteiger partial charge in [-0.15, -0.1) is 24.8 Å². The van der Waals surface area contributed by atoms with Gasteiger partial charge in [-0.05, 0) is 38.6 Å². The van der Waals surface area contributed by atoms with Crippen molar-refractivity contribution in [1.82, 2.24) is 15.3 Å². The highest BCUT2D eigenvalue weighted by Gasteiger charge is 2.27. The van der Waals surface area contributed by atoms with E-state index in [0.717, 1.165) is 44.1 Å². The number of anilines is 2. The molecule has 1 saturated heterocycles. The molecule has 0 spiro atoms. The van der Waals surface area contributed by atoms with E-state index in [1.165, 1.54) is 24.1 Å². The maximum absolute atomic E-state index is 5.64. The molecule has 3 rings (SSSR count). The van der Waals surface area contributed by atoms with E-state index >= 15 is 0 Å². The zero-order valence-corrected chi connectivity index (χ0v) is 16.3. The molecule has 1 aliphatic carbocycles. The fourth-order valence-electron chi connectivity index (χ4n) is 3.34. The summed E-state index contributed by atoms with van der Waals surface area (Å²) in [7, 11) is 5.79. The molecule has 0 unspecified atom stereocenters. The average molecular weight is 378 g/mol. The predicted molar refractivity (Wildman–Crippen MR) is 103 cm³/mol. The Morgan fingerprint density at radius 2 is 1.92 bits per heavy atom. The molecule has 1 aliphatic heterocycles. The van der Waals surface area contributed by atoms with E-state index in [1.807, 2.05) is 19.0 Å². The van der Waals surface area contributed by atoms with E-state index in [4.69, 9.17) is 14.7 Å². The number of methoxy groups -OCH3 is 1.